The molecule has 0 aliphatic rings. The van der Waals surface area contributed by atoms with Crippen LogP contribution in [0.25, 0.3) is 5.69 Å². The van der Waals surface area contributed by atoms with E-state index in [2.05, 4.69) is 29.5 Å². The number of aryl methyl sites for hydroxylation is 2. The number of aromatic nitrogens is 2. The van der Waals surface area contributed by atoms with Gasteiger partial charge in [-0.05, 0) is 45.0 Å². The number of amides is 1. The number of benzene rings is 2. The summed E-state index contributed by atoms with van der Waals surface area (Å²) < 4.78 is 1.87. The summed E-state index contributed by atoms with van der Waals surface area (Å²) in [5, 5.41) is 7.58. The van der Waals surface area contributed by atoms with Crippen molar-refractivity contribution < 1.29 is 4.79 Å². The van der Waals surface area contributed by atoms with Crippen molar-refractivity contribution in [2.75, 3.05) is 11.1 Å². The third-order valence-electron chi connectivity index (χ3n) is 3.95. The van der Waals surface area contributed by atoms with E-state index in [-0.39, 0.29) is 5.91 Å². The molecule has 0 aliphatic carbocycles. The molecule has 3 aromatic rings. The first-order valence-corrected chi connectivity index (χ1v) is 9.14. The highest BCUT2D eigenvalue weighted by molar-refractivity contribution is 8.00. The van der Waals surface area contributed by atoms with Crippen LogP contribution in [0.2, 0.25) is 0 Å². The molecule has 1 heterocycles. The van der Waals surface area contributed by atoms with E-state index >= 15 is 0 Å². The molecule has 0 unspecified atom stereocenters. The van der Waals surface area contributed by atoms with Gasteiger partial charge in [0.25, 0.3) is 0 Å². The normalized spacial score (nSPS) is 10.7. The Balaban J connectivity index is 1.72. The van der Waals surface area contributed by atoms with Crippen molar-refractivity contribution in [1.29, 1.82) is 0 Å². The molecule has 1 N–H and O–H groups in total. The molecular formula is C20H21N3OS. The number of rotatable bonds is 5. The summed E-state index contributed by atoms with van der Waals surface area (Å²) in [5.74, 6) is 0.349. The number of carbonyl (C=O) groups is 1. The summed E-state index contributed by atoms with van der Waals surface area (Å²) in [5.41, 5.74) is 4.73. The topological polar surface area (TPSA) is 46.9 Å². The number of carbonyl (C=O) groups excluding carboxylic acids is 1. The van der Waals surface area contributed by atoms with Crippen molar-refractivity contribution in [1.82, 2.24) is 9.78 Å². The van der Waals surface area contributed by atoms with E-state index in [0.29, 0.717) is 5.75 Å². The number of hydrogen-bond acceptors (Lipinski definition) is 3. The van der Waals surface area contributed by atoms with Crippen molar-refractivity contribution in [3.63, 3.8) is 0 Å². The fraction of sp³-hybridized carbons (Fsp3) is 0.200. The van der Waals surface area contributed by atoms with Crippen molar-refractivity contribution in [2.24, 2.45) is 0 Å². The van der Waals surface area contributed by atoms with Crippen molar-refractivity contribution in [3.8, 4) is 5.69 Å². The van der Waals surface area contributed by atoms with Crippen LogP contribution in [0.15, 0.2) is 59.5 Å². The van der Waals surface area contributed by atoms with Crippen LogP contribution in [-0.4, -0.2) is 21.4 Å². The lowest BCUT2D eigenvalue weighted by Crippen LogP contribution is -2.15. The predicted octanol–water partition coefficient (Wildman–Crippen LogP) is 4.53. The predicted molar refractivity (Wildman–Crippen MR) is 104 cm³/mol. The van der Waals surface area contributed by atoms with Gasteiger partial charge in [-0.2, -0.15) is 5.10 Å². The van der Waals surface area contributed by atoms with Gasteiger partial charge in [0.15, 0.2) is 0 Å². The molecule has 0 saturated heterocycles. The summed E-state index contributed by atoms with van der Waals surface area (Å²) in [6.45, 7) is 5.94. The lowest BCUT2D eigenvalue weighted by atomic mass is 10.2. The molecule has 1 aromatic heterocycles. The average molecular weight is 351 g/mol. The van der Waals surface area contributed by atoms with Gasteiger partial charge in [-0.1, -0.05) is 35.9 Å². The van der Waals surface area contributed by atoms with Crippen LogP contribution in [0.3, 0.4) is 0 Å². The van der Waals surface area contributed by atoms with Gasteiger partial charge in [0.1, 0.15) is 0 Å². The van der Waals surface area contributed by atoms with Crippen LogP contribution < -0.4 is 5.32 Å². The van der Waals surface area contributed by atoms with Crippen LogP contribution in [0.4, 0.5) is 5.69 Å². The van der Waals surface area contributed by atoms with E-state index in [4.69, 9.17) is 0 Å². The number of anilines is 1. The summed E-state index contributed by atoms with van der Waals surface area (Å²) in [6, 6.07) is 18.1. The zero-order valence-corrected chi connectivity index (χ0v) is 15.4. The van der Waals surface area contributed by atoms with Gasteiger partial charge in [-0.25, -0.2) is 4.68 Å². The van der Waals surface area contributed by atoms with Gasteiger partial charge in [0, 0.05) is 4.90 Å². The number of thioether (sulfide) groups is 1. The molecule has 25 heavy (non-hydrogen) atoms. The Labute approximate surface area is 152 Å². The van der Waals surface area contributed by atoms with E-state index in [1.165, 1.54) is 17.3 Å². The summed E-state index contributed by atoms with van der Waals surface area (Å²) in [4.78, 5) is 13.4. The molecular weight excluding hydrogens is 330 g/mol. The maximum atomic E-state index is 12.3. The van der Waals surface area contributed by atoms with E-state index in [1.54, 1.807) is 0 Å². The maximum absolute atomic E-state index is 12.3. The van der Waals surface area contributed by atoms with Crippen molar-refractivity contribution >= 4 is 23.4 Å². The second-order valence-corrected chi connectivity index (χ2v) is 6.99. The van der Waals surface area contributed by atoms with Crippen LogP contribution in [0.1, 0.15) is 17.0 Å². The lowest BCUT2D eigenvalue weighted by Gasteiger charge is -2.07. The number of hydrogen-bond donors (Lipinski definition) is 1. The second kappa shape index (κ2) is 7.57. The Kier molecular flexibility index (Phi) is 5.24. The van der Waals surface area contributed by atoms with Gasteiger partial charge >= 0.3 is 0 Å². The van der Waals surface area contributed by atoms with Gasteiger partial charge in [0.05, 0.1) is 28.5 Å². The van der Waals surface area contributed by atoms with E-state index < -0.39 is 0 Å². The molecule has 0 saturated carbocycles. The molecule has 2 aromatic carbocycles. The third kappa shape index (κ3) is 4.12. The number of nitrogens with zero attached hydrogens (tertiary/aromatic N) is 2. The average Bonchev–Trinajstić information content (AvgIpc) is 2.90. The van der Waals surface area contributed by atoms with Gasteiger partial charge in [0.2, 0.25) is 5.91 Å². The monoisotopic (exact) mass is 351 g/mol. The Morgan fingerprint density at radius 1 is 1.04 bits per heavy atom. The Hall–Kier alpha value is -2.53. The minimum absolute atomic E-state index is 0.0245. The fourth-order valence-corrected chi connectivity index (χ4v) is 3.32. The highest BCUT2D eigenvalue weighted by atomic mass is 32.2. The van der Waals surface area contributed by atoms with Crippen LogP contribution in [-0.2, 0) is 4.79 Å². The quantitative estimate of drug-likeness (QED) is 0.687. The molecule has 128 valence electrons. The Morgan fingerprint density at radius 2 is 1.72 bits per heavy atom. The Bertz CT molecular complexity index is 870. The van der Waals surface area contributed by atoms with E-state index in [9.17, 15) is 4.79 Å². The maximum Gasteiger partial charge on any atom is 0.234 e. The molecule has 0 atom stereocenters. The molecule has 0 aliphatic heterocycles. The molecule has 4 nitrogen and oxygen atoms in total. The van der Waals surface area contributed by atoms with Gasteiger partial charge in [-0.3, -0.25) is 4.79 Å². The minimum atomic E-state index is -0.0245. The molecule has 3 rings (SSSR count). The van der Waals surface area contributed by atoms with E-state index in [1.807, 2.05) is 61.0 Å². The summed E-state index contributed by atoms with van der Waals surface area (Å²) in [6.07, 6.45) is 0. The highest BCUT2D eigenvalue weighted by Gasteiger charge is 2.15. The van der Waals surface area contributed by atoms with E-state index in [0.717, 1.165) is 27.7 Å². The molecule has 0 spiro atoms. The minimum Gasteiger partial charge on any atom is -0.322 e. The molecule has 0 bridgehead atoms. The fourth-order valence-electron chi connectivity index (χ4n) is 2.60. The first kappa shape index (κ1) is 17.3. The zero-order valence-electron chi connectivity index (χ0n) is 14.6. The molecule has 1 amide bonds. The standard InChI is InChI=1S/C20H21N3OS/c1-14-9-11-17(12-10-14)23-16(3)20(15(2)22-23)21-19(24)13-25-18-7-5-4-6-8-18/h4-12H,13H2,1-3H3,(H,21,24). The summed E-state index contributed by atoms with van der Waals surface area (Å²) in [7, 11) is 0. The lowest BCUT2D eigenvalue weighted by molar-refractivity contribution is -0.113. The molecule has 0 fully saturated rings. The van der Waals surface area contributed by atoms with Gasteiger partial charge in [-0.15, -0.1) is 11.8 Å². The number of nitrogens with one attached hydrogen (secondary N) is 1. The molecule has 5 heteroatoms. The zero-order chi connectivity index (χ0) is 17.8. The Morgan fingerprint density at radius 3 is 2.40 bits per heavy atom. The van der Waals surface area contributed by atoms with Crippen LogP contribution >= 0.6 is 11.8 Å². The van der Waals surface area contributed by atoms with Gasteiger partial charge < -0.3 is 5.32 Å². The first-order valence-electron chi connectivity index (χ1n) is 8.15. The summed E-state index contributed by atoms with van der Waals surface area (Å²) >= 11 is 1.53. The van der Waals surface area contributed by atoms with Crippen LogP contribution in [0.5, 0.6) is 0 Å². The highest BCUT2D eigenvalue weighted by Crippen LogP contribution is 2.24. The van der Waals surface area contributed by atoms with Crippen molar-refractivity contribution in [2.45, 2.75) is 25.7 Å². The first-order chi connectivity index (χ1) is 12.0. The smallest absolute Gasteiger partial charge is 0.234 e. The second-order valence-electron chi connectivity index (χ2n) is 5.94. The van der Waals surface area contributed by atoms with Crippen LogP contribution in [0, 0.1) is 20.8 Å². The SMILES string of the molecule is Cc1ccc(-n2nc(C)c(NC(=O)CSc3ccccc3)c2C)cc1. The largest absolute Gasteiger partial charge is 0.322 e. The van der Waals surface area contributed by atoms with Crippen molar-refractivity contribution in [3.05, 3.63) is 71.5 Å². The molecule has 0 radical (unpaired) electrons. The third-order valence-corrected chi connectivity index (χ3v) is 4.96.